The first kappa shape index (κ1) is 13.5. The molecule has 2 rings (SSSR count). The molecule has 100 valence electrons. The maximum absolute atomic E-state index is 12.4. The summed E-state index contributed by atoms with van der Waals surface area (Å²) in [4.78, 5) is 27.2. The molecule has 2 N–H and O–H groups in total. The second kappa shape index (κ2) is 5.36. The summed E-state index contributed by atoms with van der Waals surface area (Å²) in [6.45, 7) is 4.00. The fourth-order valence-electron chi connectivity index (χ4n) is 1.97. The van der Waals surface area contributed by atoms with Crippen molar-refractivity contribution in [1.82, 2.24) is 14.9 Å². The zero-order chi connectivity index (χ0) is 14.0. The van der Waals surface area contributed by atoms with Crippen LogP contribution in [0, 0.1) is 4.77 Å². The van der Waals surface area contributed by atoms with Gasteiger partial charge in [0.15, 0.2) is 4.77 Å². The smallest absolute Gasteiger partial charge is 0.262 e. The van der Waals surface area contributed by atoms with Crippen LogP contribution in [0.1, 0.15) is 19.9 Å². The number of aromatic nitrogens is 2. The van der Waals surface area contributed by atoms with Crippen molar-refractivity contribution in [3.05, 3.63) is 39.4 Å². The fourth-order valence-corrected chi connectivity index (χ4v) is 2.32. The predicted molar refractivity (Wildman–Crippen MR) is 76.8 cm³/mol. The molecule has 1 amide bonds. The Kier molecular flexibility index (Phi) is 3.80. The third-order valence-corrected chi connectivity index (χ3v) is 3.25. The number of hydrogen-bond donors (Lipinski definition) is 2. The normalized spacial score (nSPS) is 12.3. The van der Waals surface area contributed by atoms with E-state index in [1.807, 2.05) is 13.0 Å². The van der Waals surface area contributed by atoms with Gasteiger partial charge in [-0.1, -0.05) is 12.1 Å². The van der Waals surface area contributed by atoms with E-state index in [0.29, 0.717) is 17.4 Å². The quantitative estimate of drug-likeness (QED) is 0.840. The summed E-state index contributed by atoms with van der Waals surface area (Å²) < 4.78 is 1.56. The molecule has 1 aromatic carbocycles. The van der Waals surface area contributed by atoms with E-state index < -0.39 is 6.04 Å². The molecule has 5 nitrogen and oxygen atoms in total. The van der Waals surface area contributed by atoms with Crippen molar-refractivity contribution in [2.24, 2.45) is 0 Å². The number of para-hydroxylation sites is 1. The number of H-pyrrole nitrogens is 1. The summed E-state index contributed by atoms with van der Waals surface area (Å²) >= 11 is 5.17. The van der Waals surface area contributed by atoms with Crippen LogP contribution in [0.25, 0.3) is 10.9 Å². The number of aromatic amines is 1. The zero-order valence-corrected chi connectivity index (χ0v) is 11.6. The Morgan fingerprint density at radius 1 is 1.47 bits per heavy atom. The van der Waals surface area contributed by atoms with Gasteiger partial charge in [0.1, 0.15) is 6.04 Å². The van der Waals surface area contributed by atoms with Crippen LogP contribution in [0.15, 0.2) is 29.1 Å². The number of fused-ring (bicyclic) bond motifs is 1. The molecular formula is C13H15N3O2S. The molecule has 0 radical (unpaired) electrons. The van der Waals surface area contributed by atoms with Gasteiger partial charge in [-0.3, -0.25) is 14.2 Å². The van der Waals surface area contributed by atoms with Crippen molar-refractivity contribution >= 4 is 29.0 Å². The molecule has 0 fully saturated rings. The largest absolute Gasteiger partial charge is 0.355 e. The van der Waals surface area contributed by atoms with E-state index in [0.717, 1.165) is 0 Å². The lowest BCUT2D eigenvalue weighted by Crippen LogP contribution is -2.36. The molecule has 0 bridgehead atoms. The summed E-state index contributed by atoms with van der Waals surface area (Å²) in [5.41, 5.74) is 0.426. The lowest BCUT2D eigenvalue weighted by Gasteiger charge is -2.15. The van der Waals surface area contributed by atoms with Crippen LogP contribution in [0.3, 0.4) is 0 Å². The van der Waals surface area contributed by atoms with Gasteiger partial charge in [-0.05, 0) is 38.2 Å². The molecule has 0 saturated heterocycles. The number of amides is 1. The molecule has 6 heteroatoms. The molecule has 0 spiro atoms. The minimum absolute atomic E-state index is 0.223. The molecule has 0 unspecified atom stereocenters. The van der Waals surface area contributed by atoms with E-state index in [-0.39, 0.29) is 16.2 Å². The molecule has 1 aromatic heterocycles. The first-order chi connectivity index (χ1) is 9.06. The maximum atomic E-state index is 12.4. The molecule has 1 atom stereocenters. The average Bonchev–Trinajstić information content (AvgIpc) is 2.38. The van der Waals surface area contributed by atoms with Crippen LogP contribution < -0.4 is 10.9 Å². The molecule has 0 aliphatic heterocycles. The van der Waals surface area contributed by atoms with E-state index in [1.165, 1.54) is 4.57 Å². The highest BCUT2D eigenvalue weighted by Crippen LogP contribution is 2.09. The first-order valence-electron chi connectivity index (χ1n) is 6.07. The number of hydrogen-bond acceptors (Lipinski definition) is 3. The van der Waals surface area contributed by atoms with E-state index >= 15 is 0 Å². The van der Waals surface area contributed by atoms with Crippen LogP contribution in [0.2, 0.25) is 0 Å². The molecule has 0 aliphatic carbocycles. The van der Waals surface area contributed by atoms with Crippen LogP contribution in [-0.2, 0) is 4.79 Å². The number of benzene rings is 1. The van der Waals surface area contributed by atoms with E-state index in [9.17, 15) is 9.59 Å². The third-order valence-electron chi connectivity index (χ3n) is 2.95. The van der Waals surface area contributed by atoms with Crippen molar-refractivity contribution in [1.29, 1.82) is 0 Å². The molecule has 1 heterocycles. The summed E-state index contributed by atoms with van der Waals surface area (Å²) in [6.07, 6.45) is 0. The first-order valence-corrected chi connectivity index (χ1v) is 6.48. The van der Waals surface area contributed by atoms with Gasteiger partial charge >= 0.3 is 0 Å². The summed E-state index contributed by atoms with van der Waals surface area (Å²) in [7, 11) is 0. The number of nitrogens with one attached hydrogen (secondary N) is 2. The van der Waals surface area contributed by atoms with Crippen molar-refractivity contribution in [2.45, 2.75) is 19.9 Å². The van der Waals surface area contributed by atoms with E-state index in [2.05, 4.69) is 10.3 Å². The highest BCUT2D eigenvalue weighted by molar-refractivity contribution is 7.71. The van der Waals surface area contributed by atoms with E-state index in [1.54, 1.807) is 25.1 Å². The average molecular weight is 277 g/mol. The van der Waals surface area contributed by atoms with Crippen LogP contribution in [-0.4, -0.2) is 22.0 Å². The maximum Gasteiger partial charge on any atom is 0.262 e. The summed E-state index contributed by atoms with van der Waals surface area (Å²) in [6, 6.07) is 6.46. The molecule has 0 aliphatic rings. The van der Waals surface area contributed by atoms with Crippen molar-refractivity contribution in [3.8, 4) is 0 Å². The lowest BCUT2D eigenvalue weighted by atomic mass is 10.2. The SMILES string of the molecule is CCNC(=O)[C@H](C)n1c(=S)[nH]c2ccccc2c1=O. The summed E-state index contributed by atoms with van der Waals surface area (Å²) in [5.74, 6) is -0.223. The standard InChI is InChI=1S/C13H15N3O2S/c1-3-14-11(17)8(2)16-12(18)9-6-4-5-7-10(9)15-13(16)19/h4-8H,3H2,1-2H3,(H,14,17)(H,15,19)/t8-/m0/s1. The monoisotopic (exact) mass is 277 g/mol. The fraction of sp³-hybridized carbons (Fsp3) is 0.308. The Morgan fingerprint density at radius 2 is 2.16 bits per heavy atom. The van der Waals surface area contributed by atoms with Gasteiger partial charge in [0.2, 0.25) is 5.91 Å². The number of likely N-dealkylation sites (N-methyl/N-ethyl adjacent to an activating group) is 1. The summed E-state index contributed by atoms with van der Waals surface area (Å²) in [5, 5.41) is 3.21. The predicted octanol–water partition coefficient (Wildman–Crippen LogP) is 1.76. The minimum atomic E-state index is -0.638. The Hall–Kier alpha value is -1.95. The van der Waals surface area contributed by atoms with Crippen LogP contribution in [0.4, 0.5) is 0 Å². The zero-order valence-electron chi connectivity index (χ0n) is 10.8. The highest BCUT2D eigenvalue weighted by atomic mass is 32.1. The Labute approximate surface area is 115 Å². The number of carbonyl (C=O) groups excluding carboxylic acids is 1. The van der Waals surface area contributed by atoms with E-state index in [4.69, 9.17) is 12.2 Å². The van der Waals surface area contributed by atoms with Gasteiger partial charge in [-0.25, -0.2) is 0 Å². The van der Waals surface area contributed by atoms with Gasteiger partial charge in [0, 0.05) is 6.54 Å². The van der Waals surface area contributed by atoms with Gasteiger partial charge in [0.25, 0.3) is 5.56 Å². The van der Waals surface area contributed by atoms with Crippen LogP contribution >= 0.6 is 12.2 Å². The minimum Gasteiger partial charge on any atom is -0.355 e. The van der Waals surface area contributed by atoms with Crippen molar-refractivity contribution in [3.63, 3.8) is 0 Å². The van der Waals surface area contributed by atoms with Crippen molar-refractivity contribution < 1.29 is 4.79 Å². The number of nitrogens with zero attached hydrogens (tertiary/aromatic N) is 1. The second-order valence-electron chi connectivity index (χ2n) is 4.22. The van der Waals surface area contributed by atoms with Gasteiger partial charge in [-0.2, -0.15) is 0 Å². The van der Waals surface area contributed by atoms with Crippen LogP contribution in [0.5, 0.6) is 0 Å². The Morgan fingerprint density at radius 3 is 2.84 bits per heavy atom. The van der Waals surface area contributed by atoms with Gasteiger partial charge in [0.05, 0.1) is 10.9 Å². The Balaban J connectivity index is 2.64. The lowest BCUT2D eigenvalue weighted by molar-refractivity contribution is -0.123. The van der Waals surface area contributed by atoms with Crippen molar-refractivity contribution in [2.75, 3.05) is 6.54 Å². The molecule has 2 aromatic rings. The Bertz CT molecular complexity index is 732. The molecule has 19 heavy (non-hydrogen) atoms. The van der Waals surface area contributed by atoms with Gasteiger partial charge < -0.3 is 10.3 Å². The third kappa shape index (κ3) is 2.44. The number of rotatable bonds is 3. The second-order valence-corrected chi connectivity index (χ2v) is 4.61. The topological polar surface area (TPSA) is 66.9 Å². The molecular weight excluding hydrogens is 262 g/mol. The van der Waals surface area contributed by atoms with Gasteiger partial charge in [-0.15, -0.1) is 0 Å². The number of carbonyl (C=O) groups is 1. The highest BCUT2D eigenvalue weighted by Gasteiger charge is 2.17. The molecule has 0 saturated carbocycles.